The number of aromatic nitrogens is 3. The second-order valence-corrected chi connectivity index (χ2v) is 4.34. The van der Waals surface area contributed by atoms with Gasteiger partial charge in [-0.15, -0.1) is 0 Å². The predicted molar refractivity (Wildman–Crippen MR) is 69.6 cm³/mol. The summed E-state index contributed by atoms with van der Waals surface area (Å²) in [6.07, 6.45) is 3.47. The average Bonchev–Trinajstić information content (AvgIpc) is 2.89. The highest BCUT2D eigenvalue weighted by atomic mass is 16.5. The van der Waals surface area contributed by atoms with Crippen LogP contribution in [0.15, 0.2) is 18.6 Å². The van der Waals surface area contributed by atoms with Gasteiger partial charge in [0.2, 0.25) is 0 Å². The Morgan fingerprint density at radius 3 is 3.11 bits per heavy atom. The summed E-state index contributed by atoms with van der Waals surface area (Å²) in [5, 5.41) is 3.36. The van der Waals surface area contributed by atoms with E-state index < -0.39 is 0 Å². The Balaban J connectivity index is 1.57. The van der Waals surface area contributed by atoms with E-state index in [9.17, 15) is 0 Å². The van der Waals surface area contributed by atoms with Crippen molar-refractivity contribution in [2.75, 3.05) is 44.7 Å². The number of hydrogen-bond acceptors (Lipinski definition) is 5. The third-order valence-corrected chi connectivity index (χ3v) is 3.17. The third-order valence-electron chi connectivity index (χ3n) is 3.17. The van der Waals surface area contributed by atoms with Gasteiger partial charge in [-0.3, -0.25) is 4.90 Å². The van der Waals surface area contributed by atoms with Gasteiger partial charge in [-0.05, 0) is 6.07 Å². The van der Waals surface area contributed by atoms with Crippen LogP contribution in [0.4, 0.5) is 5.82 Å². The topological polar surface area (TPSA) is 66.1 Å². The predicted octanol–water partition coefficient (Wildman–Crippen LogP) is 0.702. The minimum absolute atomic E-state index is 0.842. The molecule has 0 amide bonds. The molecule has 3 rings (SSSR count). The molecule has 0 bridgehead atoms. The lowest BCUT2D eigenvalue weighted by Gasteiger charge is -2.26. The van der Waals surface area contributed by atoms with Gasteiger partial charge in [0.05, 0.1) is 18.7 Å². The van der Waals surface area contributed by atoms with E-state index in [0.29, 0.717) is 0 Å². The molecule has 0 aromatic carbocycles. The summed E-state index contributed by atoms with van der Waals surface area (Å²) in [7, 11) is 0. The maximum Gasteiger partial charge on any atom is 0.153 e. The summed E-state index contributed by atoms with van der Waals surface area (Å²) in [4.78, 5) is 14.0. The zero-order valence-corrected chi connectivity index (χ0v) is 10.2. The molecule has 0 spiro atoms. The first kappa shape index (κ1) is 11.4. The summed E-state index contributed by atoms with van der Waals surface area (Å²) in [6.45, 7) is 5.61. The number of H-pyrrole nitrogens is 1. The normalized spacial score (nSPS) is 17.1. The van der Waals surface area contributed by atoms with E-state index >= 15 is 0 Å². The Hall–Kier alpha value is -1.66. The smallest absolute Gasteiger partial charge is 0.153 e. The lowest BCUT2D eigenvalue weighted by atomic mass is 10.4. The lowest BCUT2D eigenvalue weighted by Crippen LogP contribution is -2.39. The zero-order chi connectivity index (χ0) is 12.2. The SMILES string of the molecule is c1nc(NCCN2CCOCC2)c2[nH]ccc2n1. The van der Waals surface area contributed by atoms with Gasteiger partial charge in [0.25, 0.3) is 0 Å². The van der Waals surface area contributed by atoms with Gasteiger partial charge < -0.3 is 15.0 Å². The Morgan fingerprint density at radius 2 is 2.22 bits per heavy atom. The highest BCUT2D eigenvalue weighted by Crippen LogP contribution is 2.15. The van der Waals surface area contributed by atoms with Crippen molar-refractivity contribution in [3.05, 3.63) is 18.6 Å². The number of hydrogen-bond donors (Lipinski definition) is 2. The summed E-state index contributed by atoms with van der Waals surface area (Å²) in [5.74, 6) is 0.873. The van der Waals surface area contributed by atoms with Crippen molar-refractivity contribution in [1.29, 1.82) is 0 Å². The molecule has 1 fully saturated rings. The summed E-state index contributed by atoms with van der Waals surface area (Å²) >= 11 is 0. The molecule has 2 N–H and O–H groups in total. The van der Waals surface area contributed by atoms with E-state index in [1.54, 1.807) is 6.33 Å². The monoisotopic (exact) mass is 247 g/mol. The Bertz CT molecular complexity index is 506. The molecule has 18 heavy (non-hydrogen) atoms. The summed E-state index contributed by atoms with van der Waals surface area (Å²) in [6, 6.07) is 1.95. The van der Waals surface area contributed by atoms with Gasteiger partial charge in [0.1, 0.15) is 11.8 Å². The van der Waals surface area contributed by atoms with Crippen molar-refractivity contribution >= 4 is 16.9 Å². The standard InChI is InChI=1S/C12H17N5O/c1-2-13-11-10(1)15-9-16-12(11)14-3-4-17-5-7-18-8-6-17/h1-2,9,13H,3-8H2,(H,14,15,16). The van der Waals surface area contributed by atoms with E-state index in [-0.39, 0.29) is 0 Å². The zero-order valence-electron chi connectivity index (χ0n) is 10.2. The van der Waals surface area contributed by atoms with Gasteiger partial charge in [-0.25, -0.2) is 9.97 Å². The minimum atomic E-state index is 0.842. The van der Waals surface area contributed by atoms with Crippen LogP contribution < -0.4 is 5.32 Å². The molecule has 0 saturated carbocycles. The van der Waals surface area contributed by atoms with Gasteiger partial charge in [-0.1, -0.05) is 0 Å². The average molecular weight is 247 g/mol. The highest BCUT2D eigenvalue weighted by molar-refractivity contribution is 5.85. The van der Waals surface area contributed by atoms with Crippen LogP contribution in [0, 0.1) is 0 Å². The van der Waals surface area contributed by atoms with Crippen LogP contribution in [0.1, 0.15) is 0 Å². The molecule has 1 aliphatic heterocycles. The van der Waals surface area contributed by atoms with Crippen LogP contribution in [-0.2, 0) is 4.74 Å². The molecule has 2 aromatic heterocycles. The fraction of sp³-hybridized carbons (Fsp3) is 0.500. The first-order valence-corrected chi connectivity index (χ1v) is 6.25. The first-order chi connectivity index (χ1) is 8.93. The number of ether oxygens (including phenoxy) is 1. The molecule has 2 aromatic rings. The second kappa shape index (κ2) is 5.32. The van der Waals surface area contributed by atoms with Crippen molar-refractivity contribution in [3.63, 3.8) is 0 Å². The Labute approximate surface area is 105 Å². The second-order valence-electron chi connectivity index (χ2n) is 4.34. The highest BCUT2D eigenvalue weighted by Gasteiger charge is 2.10. The number of morpholine rings is 1. The molecule has 0 radical (unpaired) electrons. The lowest BCUT2D eigenvalue weighted by molar-refractivity contribution is 0.0398. The Morgan fingerprint density at radius 1 is 1.33 bits per heavy atom. The first-order valence-electron chi connectivity index (χ1n) is 6.25. The van der Waals surface area contributed by atoms with E-state index in [2.05, 4.69) is 25.2 Å². The van der Waals surface area contributed by atoms with Crippen molar-refractivity contribution in [2.24, 2.45) is 0 Å². The van der Waals surface area contributed by atoms with Crippen LogP contribution in [0.3, 0.4) is 0 Å². The number of rotatable bonds is 4. The van der Waals surface area contributed by atoms with E-state index in [1.165, 1.54) is 0 Å². The molecule has 96 valence electrons. The third kappa shape index (κ3) is 2.44. The molecular weight excluding hydrogens is 230 g/mol. The molecule has 0 atom stereocenters. The number of nitrogens with one attached hydrogen (secondary N) is 2. The van der Waals surface area contributed by atoms with E-state index in [0.717, 1.165) is 56.2 Å². The fourth-order valence-corrected chi connectivity index (χ4v) is 2.16. The molecule has 6 heteroatoms. The molecule has 0 aliphatic carbocycles. The van der Waals surface area contributed by atoms with Crippen molar-refractivity contribution in [3.8, 4) is 0 Å². The molecular formula is C12H17N5O. The largest absolute Gasteiger partial charge is 0.379 e. The van der Waals surface area contributed by atoms with Crippen molar-refractivity contribution in [1.82, 2.24) is 19.9 Å². The van der Waals surface area contributed by atoms with Gasteiger partial charge in [-0.2, -0.15) is 0 Å². The van der Waals surface area contributed by atoms with Crippen LogP contribution in [0.25, 0.3) is 11.0 Å². The van der Waals surface area contributed by atoms with E-state index in [1.807, 2.05) is 12.3 Å². The number of anilines is 1. The number of nitrogens with zero attached hydrogens (tertiary/aromatic N) is 3. The quantitative estimate of drug-likeness (QED) is 0.832. The maximum atomic E-state index is 5.32. The van der Waals surface area contributed by atoms with Crippen molar-refractivity contribution in [2.45, 2.75) is 0 Å². The molecule has 0 unspecified atom stereocenters. The number of fused-ring (bicyclic) bond motifs is 1. The molecule has 1 saturated heterocycles. The van der Waals surface area contributed by atoms with Crippen molar-refractivity contribution < 1.29 is 4.74 Å². The fourth-order valence-electron chi connectivity index (χ4n) is 2.16. The van der Waals surface area contributed by atoms with Gasteiger partial charge in [0, 0.05) is 32.4 Å². The summed E-state index contributed by atoms with van der Waals surface area (Å²) in [5.41, 5.74) is 1.92. The number of aromatic amines is 1. The molecule has 3 heterocycles. The van der Waals surface area contributed by atoms with E-state index in [4.69, 9.17) is 4.74 Å². The molecule has 1 aliphatic rings. The minimum Gasteiger partial charge on any atom is -0.379 e. The van der Waals surface area contributed by atoms with Crippen LogP contribution in [0.5, 0.6) is 0 Å². The Kier molecular flexibility index (Phi) is 3.38. The van der Waals surface area contributed by atoms with Crippen LogP contribution >= 0.6 is 0 Å². The van der Waals surface area contributed by atoms with Crippen LogP contribution in [0.2, 0.25) is 0 Å². The summed E-state index contributed by atoms with van der Waals surface area (Å²) < 4.78 is 5.32. The maximum absolute atomic E-state index is 5.32. The molecule has 6 nitrogen and oxygen atoms in total. The van der Waals surface area contributed by atoms with Gasteiger partial charge in [0.15, 0.2) is 5.82 Å². The van der Waals surface area contributed by atoms with Crippen LogP contribution in [-0.4, -0.2) is 59.2 Å². The van der Waals surface area contributed by atoms with Gasteiger partial charge >= 0.3 is 0 Å².